The monoisotopic (exact) mass is 173 g/mol. The van der Waals surface area contributed by atoms with Crippen LogP contribution < -0.4 is 4.90 Å². The second kappa shape index (κ2) is 4.80. The third kappa shape index (κ3) is 2.44. The van der Waals surface area contributed by atoms with Crippen molar-refractivity contribution in [2.24, 2.45) is 0 Å². The Morgan fingerprint density at radius 1 is 1.58 bits per heavy atom. The van der Waals surface area contributed by atoms with Crippen molar-refractivity contribution in [1.82, 2.24) is 0 Å². The maximum atomic E-state index is 5.36. The van der Waals surface area contributed by atoms with Gasteiger partial charge in [0.1, 0.15) is 6.10 Å². The van der Waals surface area contributed by atoms with Crippen molar-refractivity contribution < 1.29 is 14.4 Å². The number of quaternary nitrogens is 1. The predicted molar refractivity (Wildman–Crippen MR) is 46.9 cm³/mol. The SMILES string of the molecule is [CH2-][NH+]1C[C@@H](OC)C[C@H]1COCC. The summed E-state index contributed by atoms with van der Waals surface area (Å²) >= 11 is 0. The van der Waals surface area contributed by atoms with Crippen molar-refractivity contribution in [1.29, 1.82) is 0 Å². The summed E-state index contributed by atoms with van der Waals surface area (Å²) < 4.78 is 10.6. The summed E-state index contributed by atoms with van der Waals surface area (Å²) in [4.78, 5) is 1.29. The summed E-state index contributed by atoms with van der Waals surface area (Å²) in [6.07, 6.45) is 1.46. The van der Waals surface area contributed by atoms with Gasteiger partial charge in [-0.25, -0.2) is 0 Å². The first kappa shape index (κ1) is 9.96. The van der Waals surface area contributed by atoms with Crippen LogP contribution in [0, 0.1) is 7.05 Å². The average Bonchev–Trinajstić information content (AvgIpc) is 2.43. The molecule has 0 aromatic carbocycles. The molecule has 0 saturated carbocycles. The standard InChI is InChI=1S/C9H19NO2/c1-4-12-7-8-5-9(11-3)6-10(8)2/h8-10H,2,4-7H2,1,3H3/t8-,9-/m0/s1. The van der Waals surface area contributed by atoms with Crippen molar-refractivity contribution in [3.05, 3.63) is 7.05 Å². The molecule has 0 spiro atoms. The fraction of sp³-hybridized carbons (Fsp3) is 0.889. The Bertz CT molecular complexity index is 130. The van der Waals surface area contributed by atoms with Gasteiger partial charge >= 0.3 is 0 Å². The van der Waals surface area contributed by atoms with Gasteiger partial charge in [0.15, 0.2) is 0 Å². The smallest absolute Gasteiger partial charge is 0.109 e. The van der Waals surface area contributed by atoms with E-state index in [-0.39, 0.29) is 0 Å². The Balaban J connectivity index is 2.25. The normalized spacial score (nSPS) is 35.8. The lowest BCUT2D eigenvalue weighted by molar-refractivity contribution is -0.868. The highest BCUT2D eigenvalue weighted by Gasteiger charge is 2.29. The fourth-order valence-corrected chi connectivity index (χ4v) is 1.65. The largest absolute Gasteiger partial charge is 0.461 e. The molecule has 3 heteroatoms. The summed E-state index contributed by atoms with van der Waals surface area (Å²) in [5.41, 5.74) is 0. The molecular weight excluding hydrogens is 154 g/mol. The van der Waals surface area contributed by atoms with Crippen molar-refractivity contribution in [2.75, 3.05) is 26.9 Å². The molecule has 0 aromatic rings. The maximum absolute atomic E-state index is 5.36. The molecule has 1 saturated heterocycles. The highest BCUT2D eigenvalue weighted by Crippen LogP contribution is 2.04. The van der Waals surface area contributed by atoms with Crippen LogP contribution in [0.4, 0.5) is 0 Å². The van der Waals surface area contributed by atoms with Gasteiger partial charge in [0.2, 0.25) is 0 Å². The molecule has 0 aromatic heterocycles. The van der Waals surface area contributed by atoms with Crippen LogP contribution in [0.25, 0.3) is 0 Å². The maximum Gasteiger partial charge on any atom is 0.109 e. The minimum atomic E-state index is 0.378. The molecule has 3 atom stereocenters. The van der Waals surface area contributed by atoms with Gasteiger partial charge in [0, 0.05) is 20.1 Å². The number of nitrogens with one attached hydrogen (secondary N) is 1. The molecule has 1 rings (SSSR count). The van der Waals surface area contributed by atoms with E-state index in [1.165, 1.54) is 4.90 Å². The zero-order valence-corrected chi connectivity index (χ0v) is 8.01. The van der Waals surface area contributed by atoms with Gasteiger partial charge in [0.25, 0.3) is 0 Å². The van der Waals surface area contributed by atoms with Gasteiger partial charge in [-0.3, -0.25) is 0 Å². The van der Waals surface area contributed by atoms with E-state index in [1.54, 1.807) is 7.11 Å². The Hall–Kier alpha value is -0.120. The predicted octanol–water partition coefficient (Wildman–Crippen LogP) is -0.513. The van der Waals surface area contributed by atoms with E-state index in [4.69, 9.17) is 9.47 Å². The Morgan fingerprint density at radius 3 is 2.83 bits per heavy atom. The Kier molecular flexibility index (Phi) is 3.98. The zero-order chi connectivity index (χ0) is 8.97. The topological polar surface area (TPSA) is 22.9 Å². The number of likely N-dealkylation sites (tertiary alicyclic amines) is 1. The molecule has 1 aliphatic rings. The van der Waals surface area contributed by atoms with E-state index in [0.29, 0.717) is 12.1 Å². The van der Waals surface area contributed by atoms with Crippen LogP contribution in [0.2, 0.25) is 0 Å². The van der Waals surface area contributed by atoms with E-state index >= 15 is 0 Å². The quantitative estimate of drug-likeness (QED) is 0.578. The van der Waals surface area contributed by atoms with Crippen molar-refractivity contribution in [3.8, 4) is 0 Å². The molecule has 0 bridgehead atoms. The van der Waals surface area contributed by atoms with E-state index in [9.17, 15) is 0 Å². The average molecular weight is 173 g/mol. The van der Waals surface area contributed by atoms with Gasteiger partial charge in [-0.05, 0) is 6.92 Å². The van der Waals surface area contributed by atoms with Crippen LogP contribution in [0.15, 0.2) is 0 Å². The highest BCUT2D eigenvalue weighted by molar-refractivity contribution is 4.70. The molecular formula is C9H19NO2. The summed E-state index contributed by atoms with van der Waals surface area (Å²) in [5, 5.41) is 0. The molecule has 0 amide bonds. The van der Waals surface area contributed by atoms with Crippen LogP contribution in [0.3, 0.4) is 0 Å². The van der Waals surface area contributed by atoms with Crippen molar-refractivity contribution in [3.63, 3.8) is 0 Å². The van der Waals surface area contributed by atoms with E-state index < -0.39 is 0 Å². The summed E-state index contributed by atoms with van der Waals surface area (Å²) in [6.45, 7) is 4.64. The molecule has 12 heavy (non-hydrogen) atoms. The highest BCUT2D eigenvalue weighted by atomic mass is 16.5. The molecule has 1 unspecified atom stereocenters. The van der Waals surface area contributed by atoms with Crippen LogP contribution >= 0.6 is 0 Å². The molecule has 72 valence electrons. The van der Waals surface area contributed by atoms with Crippen LogP contribution in [-0.4, -0.2) is 39.0 Å². The zero-order valence-electron chi connectivity index (χ0n) is 8.01. The Labute approximate surface area is 74.6 Å². The van der Waals surface area contributed by atoms with Gasteiger partial charge in [0.05, 0.1) is 19.2 Å². The Morgan fingerprint density at radius 2 is 2.33 bits per heavy atom. The number of hydrogen-bond donors (Lipinski definition) is 1. The third-order valence-electron chi connectivity index (χ3n) is 2.47. The summed E-state index contributed by atoms with van der Waals surface area (Å²) in [7, 11) is 5.79. The minimum Gasteiger partial charge on any atom is -0.461 e. The lowest BCUT2D eigenvalue weighted by Crippen LogP contribution is -3.09. The number of rotatable bonds is 4. The summed E-state index contributed by atoms with van der Waals surface area (Å²) in [6, 6.07) is 0.523. The first-order valence-electron chi connectivity index (χ1n) is 4.56. The molecule has 0 aliphatic carbocycles. The van der Waals surface area contributed by atoms with E-state index in [2.05, 4.69) is 7.05 Å². The number of methoxy groups -OCH3 is 1. The van der Waals surface area contributed by atoms with Gasteiger partial charge in [-0.15, -0.1) is 0 Å². The first-order valence-corrected chi connectivity index (χ1v) is 4.56. The van der Waals surface area contributed by atoms with Crippen molar-refractivity contribution in [2.45, 2.75) is 25.5 Å². The second-order valence-electron chi connectivity index (χ2n) is 3.31. The first-order chi connectivity index (χ1) is 5.77. The molecule has 1 N–H and O–H groups in total. The van der Waals surface area contributed by atoms with Crippen LogP contribution in [0.5, 0.6) is 0 Å². The molecule has 1 aliphatic heterocycles. The lowest BCUT2D eigenvalue weighted by Gasteiger charge is -2.21. The molecule has 0 radical (unpaired) electrons. The molecule has 1 heterocycles. The molecule has 1 fully saturated rings. The van der Waals surface area contributed by atoms with Crippen molar-refractivity contribution >= 4 is 0 Å². The second-order valence-corrected chi connectivity index (χ2v) is 3.31. The lowest BCUT2D eigenvalue weighted by atomic mass is 10.2. The van der Waals surface area contributed by atoms with Gasteiger partial charge in [-0.1, -0.05) is 0 Å². The molecule has 3 nitrogen and oxygen atoms in total. The number of ether oxygens (including phenoxy) is 2. The summed E-state index contributed by atoms with van der Waals surface area (Å²) in [5.74, 6) is 0. The van der Waals surface area contributed by atoms with Gasteiger partial charge < -0.3 is 14.4 Å². The minimum absolute atomic E-state index is 0.378. The van der Waals surface area contributed by atoms with Crippen LogP contribution in [-0.2, 0) is 9.47 Å². The van der Waals surface area contributed by atoms with Gasteiger partial charge in [-0.2, -0.15) is 7.05 Å². The van der Waals surface area contributed by atoms with E-state index in [1.807, 2.05) is 6.92 Å². The third-order valence-corrected chi connectivity index (χ3v) is 2.47. The number of hydrogen-bond acceptors (Lipinski definition) is 2. The van der Waals surface area contributed by atoms with Crippen LogP contribution in [0.1, 0.15) is 13.3 Å². The fourth-order valence-electron chi connectivity index (χ4n) is 1.65. The van der Waals surface area contributed by atoms with E-state index in [0.717, 1.165) is 26.2 Å².